The van der Waals surface area contributed by atoms with Crippen LogP contribution in [-0.2, 0) is 32.6 Å². The van der Waals surface area contributed by atoms with E-state index in [1.807, 2.05) is 37.3 Å². The molecule has 0 aromatic heterocycles. The number of carbonyl (C=O) groups excluding carboxylic acids is 2. The molecule has 0 spiro atoms. The molecule has 1 N–H and O–H groups in total. The van der Waals surface area contributed by atoms with Crippen LogP contribution in [0.15, 0.2) is 108 Å². The zero-order valence-corrected chi connectivity index (χ0v) is 27.3. The molecule has 0 heterocycles. The maximum Gasteiger partial charge on any atom is 0.264 e. The Morgan fingerprint density at radius 3 is 2.15 bits per heavy atom. The van der Waals surface area contributed by atoms with Crippen molar-refractivity contribution in [1.29, 1.82) is 0 Å². The van der Waals surface area contributed by atoms with Crippen molar-refractivity contribution in [2.45, 2.75) is 57.6 Å². The third kappa shape index (κ3) is 8.51. The molecule has 4 aromatic rings. The number of halogens is 1. The van der Waals surface area contributed by atoms with Crippen LogP contribution in [0, 0.1) is 12.7 Å². The molecule has 0 unspecified atom stereocenters. The molecule has 0 aliphatic heterocycles. The average Bonchev–Trinajstić information content (AvgIpc) is 3.03. The van der Waals surface area contributed by atoms with Crippen LogP contribution in [0.5, 0.6) is 5.75 Å². The van der Waals surface area contributed by atoms with Crippen molar-refractivity contribution in [2.24, 2.45) is 0 Å². The largest absolute Gasteiger partial charge is 0.492 e. The Kier molecular flexibility index (Phi) is 11.5. The summed E-state index contributed by atoms with van der Waals surface area (Å²) in [5.41, 5.74) is 2.00. The lowest BCUT2D eigenvalue weighted by molar-refractivity contribution is -0.140. The van der Waals surface area contributed by atoms with E-state index in [-0.39, 0.29) is 47.5 Å². The minimum absolute atomic E-state index is 0.0174. The van der Waals surface area contributed by atoms with Crippen molar-refractivity contribution in [3.63, 3.8) is 0 Å². The van der Waals surface area contributed by atoms with Gasteiger partial charge in [0.25, 0.3) is 10.0 Å². The number of benzene rings is 4. The van der Waals surface area contributed by atoms with Gasteiger partial charge in [0, 0.05) is 24.6 Å². The molecule has 0 aliphatic carbocycles. The second-order valence-corrected chi connectivity index (χ2v) is 13.1. The Hall–Kier alpha value is -4.70. The van der Waals surface area contributed by atoms with Crippen LogP contribution < -0.4 is 14.4 Å². The van der Waals surface area contributed by atoms with Gasteiger partial charge in [-0.1, -0.05) is 78.4 Å². The highest BCUT2D eigenvalue weighted by Crippen LogP contribution is 2.33. The molecule has 46 heavy (non-hydrogen) atoms. The van der Waals surface area contributed by atoms with Crippen molar-refractivity contribution in [3.8, 4) is 5.75 Å². The number of carbonyl (C=O) groups is 2. The second-order valence-electron chi connectivity index (χ2n) is 11.2. The number of anilines is 1. The molecule has 2 amide bonds. The number of nitrogens with zero attached hydrogens (tertiary/aromatic N) is 2. The van der Waals surface area contributed by atoms with Crippen molar-refractivity contribution < 1.29 is 27.1 Å². The standard InChI is InChI=1S/C36H40FN3O5S/c1-5-45-34-18-12-11-17-32(34)40(46(43,44)30-21-19-27(4)20-22-30)25-35(41)39(24-29-15-9-10-16-31(29)37)33(36(42)38-26(2)3)23-28-13-7-6-8-14-28/h6-22,26,33H,5,23-25H2,1-4H3,(H,38,42)/t33-/m0/s1. The Morgan fingerprint density at radius 1 is 0.870 bits per heavy atom. The first-order valence-corrected chi connectivity index (χ1v) is 16.6. The number of ether oxygens (including phenoxy) is 1. The van der Waals surface area contributed by atoms with E-state index >= 15 is 4.39 Å². The second kappa shape index (κ2) is 15.5. The minimum atomic E-state index is -4.31. The molecule has 0 saturated carbocycles. The first-order chi connectivity index (χ1) is 22.0. The van der Waals surface area contributed by atoms with Gasteiger partial charge in [-0.2, -0.15) is 0 Å². The van der Waals surface area contributed by atoms with Crippen molar-refractivity contribution in [1.82, 2.24) is 10.2 Å². The number of hydrogen-bond acceptors (Lipinski definition) is 5. The number of rotatable bonds is 14. The molecular formula is C36H40FN3O5S. The monoisotopic (exact) mass is 645 g/mol. The summed E-state index contributed by atoms with van der Waals surface area (Å²) in [5, 5.41) is 2.89. The van der Waals surface area contributed by atoms with Crippen LogP contribution in [0.25, 0.3) is 0 Å². The van der Waals surface area contributed by atoms with E-state index in [1.165, 1.54) is 23.1 Å². The van der Waals surface area contributed by atoms with E-state index in [4.69, 9.17) is 4.74 Å². The smallest absolute Gasteiger partial charge is 0.264 e. The fourth-order valence-electron chi connectivity index (χ4n) is 5.04. The van der Waals surface area contributed by atoms with Gasteiger partial charge in [-0.25, -0.2) is 12.8 Å². The van der Waals surface area contributed by atoms with Crippen molar-refractivity contribution in [2.75, 3.05) is 17.5 Å². The summed E-state index contributed by atoms with van der Waals surface area (Å²) in [7, 11) is -4.31. The summed E-state index contributed by atoms with van der Waals surface area (Å²) in [4.78, 5) is 29.6. The van der Waals surface area contributed by atoms with Crippen LogP contribution in [0.1, 0.15) is 37.5 Å². The Bertz CT molecular complexity index is 1730. The van der Waals surface area contributed by atoms with Gasteiger partial charge in [-0.3, -0.25) is 13.9 Å². The number of amides is 2. The minimum Gasteiger partial charge on any atom is -0.492 e. The summed E-state index contributed by atoms with van der Waals surface area (Å²) < 4.78 is 50.4. The van der Waals surface area contributed by atoms with Gasteiger partial charge in [-0.15, -0.1) is 0 Å². The lowest BCUT2D eigenvalue weighted by Crippen LogP contribution is -2.54. The van der Waals surface area contributed by atoms with Crippen LogP contribution in [0.3, 0.4) is 0 Å². The van der Waals surface area contributed by atoms with Gasteiger partial charge >= 0.3 is 0 Å². The first-order valence-electron chi connectivity index (χ1n) is 15.2. The lowest BCUT2D eigenvalue weighted by atomic mass is 10.0. The van der Waals surface area contributed by atoms with E-state index in [0.29, 0.717) is 0 Å². The molecule has 10 heteroatoms. The van der Waals surface area contributed by atoms with E-state index in [0.717, 1.165) is 15.4 Å². The number of para-hydroxylation sites is 2. The highest BCUT2D eigenvalue weighted by molar-refractivity contribution is 7.92. The fraction of sp³-hybridized carbons (Fsp3) is 0.278. The molecule has 0 fully saturated rings. The molecule has 0 aliphatic rings. The maximum atomic E-state index is 15.1. The SMILES string of the molecule is CCOc1ccccc1N(CC(=O)N(Cc1ccccc1F)[C@@H](Cc1ccccc1)C(=O)NC(C)C)S(=O)(=O)c1ccc(C)cc1. The summed E-state index contributed by atoms with van der Waals surface area (Å²) >= 11 is 0. The zero-order chi connectivity index (χ0) is 33.3. The fourth-order valence-corrected chi connectivity index (χ4v) is 6.46. The van der Waals surface area contributed by atoms with Gasteiger partial charge in [0.2, 0.25) is 11.8 Å². The van der Waals surface area contributed by atoms with Crippen molar-refractivity contribution in [3.05, 3.63) is 126 Å². The number of hydrogen-bond donors (Lipinski definition) is 1. The first kappa shape index (κ1) is 34.2. The number of sulfonamides is 1. The van der Waals surface area contributed by atoms with E-state index in [9.17, 15) is 18.0 Å². The molecule has 0 saturated heterocycles. The summed E-state index contributed by atoms with van der Waals surface area (Å²) in [6.45, 7) is 6.56. The summed E-state index contributed by atoms with van der Waals surface area (Å²) in [6.07, 6.45) is 0.125. The third-order valence-electron chi connectivity index (χ3n) is 7.32. The Balaban J connectivity index is 1.85. The molecule has 1 atom stereocenters. The van der Waals surface area contributed by atoms with E-state index < -0.39 is 40.2 Å². The zero-order valence-electron chi connectivity index (χ0n) is 26.5. The van der Waals surface area contributed by atoms with Crippen LogP contribution in [0.2, 0.25) is 0 Å². The molecule has 0 bridgehead atoms. The van der Waals surface area contributed by atoms with Gasteiger partial charge < -0.3 is 15.0 Å². The number of aryl methyl sites for hydroxylation is 1. The van der Waals surface area contributed by atoms with Gasteiger partial charge in [0.15, 0.2) is 0 Å². The van der Waals surface area contributed by atoms with Gasteiger partial charge in [-0.05, 0) is 63.6 Å². The summed E-state index contributed by atoms with van der Waals surface area (Å²) in [5.74, 6) is -1.40. The van der Waals surface area contributed by atoms with Crippen LogP contribution in [0.4, 0.5) is 10.1 Å². The molecule has 242 valence electrons. The topological polar surface area (TPSA) is 96.0 Å². The highest BCUT2D eigenvalue weighted by Gasteiger charge is 2.36. The predicted molar refractivity (Wildman–Crippen MR) is 177 cm³/mol. The van der Waals surface area contributed by atoms with Crippen molar-refractivity contribution >= 4 is 27.5 Å². The van der Waals surface area contributed by atoms with Gasteiger partial charge in [0.05, 0.1) is 17.2 Å². The molecular weight excluding hydrogens is 605 g/mol. The summed E-state index contributed by atoms with van der Waals surface area (Å²) in [6, 6.07) is 26.8. The quantitative estimate of drug-likeness (QED) is 0.185. The molecule has 8 nitrogen and oxygen atoms in total. The molecule has 4 aromatic carbocycles. The Labute approximate surface area is 270 Å². The lowest BCUT2D eigenvalue weighted by Gasteiger charge is -2.34. The predicted octanol–water partition coefficient (Wildman–Crippen LogP) is 5.89. The molecule has 4 rings (SSSR count). The van der Waals surface area contributed by atoms with E-state index in [1.54, 1.807) is 75.4 Å². The molecule has 0 radical (unpaired) electrons. The van der Waals surface area contributed by atoms with E-state index in [2.05, 4.69) is 5.32 Å². The average molecular weight is 646 g/mol. The Morgan fingerprint density at radius 2 is 1.50 bits per heavy atom. The normalized spacial score (nSPS) is 12.0. The third-order valence-corrected chi connectivity index (χ3v) is 9.10. The van der Waals surface area contributed by atoms with Crippen LogP contribution in [-0.4, -0.2) is 50.4 Å². The maximum absolute atomic E-state index is 15.1. The van der Waals surface area contributed by atoms with Crippen LogP contribution >= 0.6 is 0 Å². The highest BCUT2D eigenvalue weighted by atomic mass is 32.2. The van der Waals surface area contributed by atoms with Gasteiger partial charge in [0.1, 0.15) is 24.2 Å². The number of nitrogens with one attached hydrogen (secondary N) is 1.